The maximum Gasteiger partial charge on any atom is 0.127 e. The van der Waals surface area contributed by atoms with Gasteiger partial charge in [-0.1, -0.05) is 18.2 Å². The lowest BCUT2D eigenvalue weighted by molar-refractivity contribution is -0.0271. The van der Waals surface area contributed by atoms with Gasteiger partial charge in [0.2, 0.25) is 0 Å². The van der Waals surface area contributed by atoms with Crippen LogP contribution in [0.3, 0.4) is 0 Å². The molecule has 2 atom stereocenters. The van der Waals surface area contributed by atoms with Crippen molar-refractivity contribution in [1.29, 1.82) is 5.26 Å². The van der Waals surface area contributed by atoms with Gasteiger partial charge in [-0.15, -0.1) is 0 Å². The van der Waals surface area contributed by atoms with Gasteiger partial charge < -0.3 is 9.47 Å². The van der Waals surface area contributed by atoms with Crippen LogP contribution in [0.25, 0.3) is 0 Å². The number of benzene rings is 1. The van der Waals surface area contributed by atoms with E-state index in [-0.39, 0.29) is 12.1 Å². The van der Waals surface area contributed by atoms with Gasteiger partial charge in [0.05, 0.1) is 25.9 Å². The zero-order valence-corrected chi connectivity index (χ0v) is 10.8. The van der Waals surface area contributed by atoms with Gasteiger partial charge in [0.25, 0.3) is 0 Å². The number of methoxy groups -OCH3 is 1. The number of ether oxygens (including phenoxy) is 2. The Hall–Kier alpha value is -1.57. The number of hydrogen-bond donors (Lipinski definition) is 0. The van der Waals surface area contributed by atoms with Crippen molar-refractivity contribution in [1.82, 2.24) is 4.90 Å². The number of nitriles is 1. The Morgan fingerprint density at radius 1 is 1.50 bits per heavy atom. The molecule has 96 valence electrons. The lowest BCUT2D eigenvalue weighted by Gasteiger charge is -2.34. The van der Waals surface area contributed by atoms with Crippen LogP contribution in [0.2, 0.25) is 0 Å². The van der Waals surface area contributed by atoms with Crippen LogP contribution < -0.4 is 4.74 Å². The van der Waals surface area contributed by atoms with E-state index in [0.717, 1.165) is 24.4 Å². The molecule has 0 saturated carbocycles. The van der Waals surface area contributed by atoms with Gasteiger partial charge in [-0.3, -0.25) is 4.90 Å². The van der Waals surface area contributed by atoms with Crippen LogP contribution in [0.15, 0.2) is 24.3 Å². The Morgan fingerprint density at radius 2 is 2.28 bits per heavy atom. The minimum absolute atomic E-state index is 0.171. The number of rotatable bonds is 3. The van der Waals surface area contributed by atoms with E-state index < -0.39 is 0 Å². The van der Waals surface area contributed by atoms with Gasteiger partial charge in [-0.05, 0) is 13.0 Å². The summed E-state index contributed by atoms with van der Waals surface area (Å²) in [6.45, 7) is 4.26. The first kappa shape index (κ1) is 12.9. The SMILES string of the molecule is COc1ccccc1[C@H](C#N)N1CCO[C@@H](C)C1. The third-order valence-electron chi connectivity index (χ3n) is 3.19. The summed E-state index contributed by atoms with van der Waals surface area (Å²) in [4.78, 5) is 2.14. The van der Waals surface area contributed by atoms with E-state index in [1.54, 1.807) is 7.11 Å². The second kappa shape index (κ2) is 5.85. The van der Waals surface area contributed by atoms with Crippen molar-refractivity contribution in [2.45, 2.75) is 19.1 Å². The maximum atomic E-state index is 9.45. The fourth-order valence-corrected chi connectivity index (χ4v) is 2.32. The normalized spacial score (nSPS) is 22.2. The van der Waals surface area contributed by atoms with Crippen molar-refractivity contribution < 1.29 is 9.47 Å². The highest BCUT2D eigenvalue weighted by atomic mass is 16.5. The molecule has 1 saturated heterocycles. The summed E-state index contributed by atoms with van der Waals surface area (Å²) < 4.78 is 10.8. The summed E-state index contributed by atoms with van der Waals surface area (Å²) in [6.07, 6.45) is 0.171. The largest absolute Gasteiger partial charge is 0.496 e. The molecule has 4 heteroatoms. The Labute approximate surface area is 108 Å². The molecule has 1 aromatic rings. The second-order valence-corrected chi connectivity index (χ2v) is 4.45. The molecule has 0 unspecified atom stereocenters. The zero-order chi connectivity index (χ0) is 13.0. The average Bonchev–Trinajstić information content (AvgIpc) is 2.40. The summed E-state index contributed by atoms with van der Waals surface area (Å²) in [5.74, 6) is 0.767. The molecule has 0 bridgehead atoms. The Kier molecular flexibility index (Phi) is 4.19. The standard InChI is InChI=1S/C14H18N2O2/c1-11-10-16(7-8-18-11)13(9-15)12-5-3-4-6-14(12)17-2/h3-6,11,13H,7-8,10H2,1-2H3/t11-,13-/m0/s1. The fourth-order valence-electron chi connectivity index (χ4n) is 2.32. The first-order valence-electron chi connectivity index (χ1n) is 6.14. The number of morpholine rings is 1. The maximum absolute atomic E-state index is 9.45. The lowest BCUT2D eigenvalue weighted by Crippen LogP contribution is -2.42. The first-order chi connectivity index (χ1) is 8.76. The highest BCUT2D eigenvalue weighted by Crippen LogP contribution is 2.29. The van der Waals surface area contributed by atoms with E-state index in [4.69, 9.17) is 9.47 Å². The summed E-state index contributed by atoms with van der Waals surface area (Å²) in [5.41, 5.74) is 0.927. The molecule has 2 rings (SSSR count). The molecule has 1 aliphatic heterocycles. The summed E-state index contributed by atoms with van der Waals surface area (Å²) in [5, 5.41) is 9.45. The van der Waals surface area contributed by atoms with Crippen molar-refractivity contribution in [3.63, 3.8) is 0 Å². The predicted octanol–water partition coefficient (Wildman–Crippen LogP) is 1.98. The van der Waals surface area contributed by atoms with Crippen LogP contribution in [0, 0.1) is 11.3 Å². The van der Waals surface area contributed by atoms with Crippen LogP contribution in [-0.4, -0.2) is 37.8 Å². The zero-order valence-electron chi connectivity index (χ0n) is 10.8. The quantitative estimate of drug-likeness (QED) is 0.818. The summed E-state index contributed by atoms with van der Waals surface area (Å²) in [7, 11) is 1.63. The highest BCUT2D eigenvalue weighted by molar-refractivity contribution is 5.38. The lowest BCUT2D eigenvalue weighted by atomic mass is 10.0. The first-order valence-corrected chi connectivity index (χ1v) is 6.14. The van der Waals surface area contributed by atoms with Crippen LogP contribution in [0.4, 0.5) is 0 Å². The molecule has 0 radical (unpaired) electrons. The highest BCUT2D eigenvalue weighted by Gasteiger charge is 2.27. The predicted molar refractivity (Wildman–Crippen MR) is 68.3 cm³/mol. The summed E-state index contributed by atoms with van der Waals surface area (Å²) in [6, 6.07) is 9.80. The number of para-hydroxylation sites is 1. The molecule has 4 nitrogen and oxygen atoms in total. The molecule has 0 amide bonds. The molecule has 1 aromatic carbocycles. The van der Waals surface area contributed by atoms with Crippen molar-refractivity contribution in [2.24, 2.45) is 0 Å². The molecular formula is C14H18N2O2. The molecule has 0 spiro atoms. The van der Waals surface area contributed by atoms with Crippen molar-refractivity contribution in [3.8, 4) is 11.8 Å². The van der Waals surface area contributed by atoms with Crippen LogP contribution >= 0.6 is 0 Å². The molecule has 0 aliphatic carbocycles. The van der Waals surface area contributed by atoms with E-state index in [9.17, 15) is 5.26 Å². The molecule has 1 aliphatic rings. The monoisotopic (exact) mass is 246 g/mol. The molecule has 1 fully saturated rings. The minimum atomic E-state index is -0.271. The van der Waals surface area contributed by atoms with Crippen molar-refractivity contribution >= 4 is 0 Å². The number of hydrogen-bond acceptors (Lipinski definition) is 4. The van der Waals surface area contributed by atoms with Gasteiger partial charge in [0, 0.05) is 18.7 Å². The molecule has 1 heterocycles. The van der Waals surface area contributed by atoms with E-state index >= 15 is 0 Å². The van der Waals surface area contributed by atoms with Crippen LogP contribution in [-0.2, 0) is 4.74 Å². The van der Waals surface area contributed by atoms with E-state index in [2.05, 4.69) is 11.0 Å². The number of nitrogens with zero attached hydrogens (tertiary/aromatic N) is 2. The van der Waals surface area contributed by atoms with Gasteiger partial charge in [0.1, 0.15) is 11.8 Å². The molecular weight excluding hydrogens is 228 g/mol. The average molecular weight is 246 g/mol. The Balaban J connectivity index is 2.25. The van der Waals surface area contributed by atoms with E-state index in [0.29, 0.717) is 6.61 Å². The van der Waals surface area contributed by atoms with E-state index in [1.165, 1.54) is 0 Å². The fraction of sp³-hybridized carbons (Fsp3) is 0.500. The van der Waals surface area contributed by atoms with Crippen molar-refractivity contribution in [2.75, 3.05) is 26.8 Å². The molecule has 18 heavy (non-hydrogen) atoms. The van der Waals surface area contributed by atoms with Crippen LogP contribution in [0.1, 0.15) is 18.5 Å². The topological polar surface area (TPSA) is 45.5 Å². The van der Waals surface area contributed by atoms with Crippen LogP contribution in [0.5, 0.6) is 5.75 Å². The second-order valence-electron chi connectivity index (χ2n) is 4.45. The smallest absolute Gasteiger partial charge is 0.127 e. The summed E-state index contributed by atoms with van der Waals surface area (Å²) >= 11 is 0. The molecule has 0 aromatic heterocycles. The Bertz CT molecular complexity index is 442. The van der Waals surface area contributed by atoms with Gasteiger partial charge >= 0.3 is 0 Å². The van der Waals surface area contributed by atoms with Gasteiger partial charge in [0.15, 0.2) is 0 Å². The van der Waals surface area contributed by atoms with Gasteiger partial charge in [-0.25, -0.2) is 0 Å². The van der Waals surface area contributed by atoms with Crippen molar-refractivity contribution in [3.05, 3.63) is 29.8 Å². The Morgan fingerprint density at radius 3 is 2.94 bits per heavy atom. The van der Waals surface area contributed by atoms with E-state index in [1.807, 2.05) is 31.2 Å². The molecule has 0 N–H and O–H groups in total. The minimum Gasteiger partial charge on any atom is -0.496 e. The third-order valence-corrected chi connectivity index (χ3v) is 3.19. The third kappa shape index (κ3) is 2.63. The van der Waals surface area contributed by atoms with Gasteiger partial charge in [-0.2, -0.15) is 5.26 Å².